The van der Waals surface area contributed by atoms with E-state index >= 15 is 0 Å². The fraction of sp³-hybridized carbons (Fsp3) is 0.0833. The molecule has 1 amide bonds. The predicted molar refractivity (Wildman–Crippen MR) is 111 cm³/mol. The van der Waals surface area contributed by atoms with Crippen molar-refractivity contribution < 1.29 is 19.1 Å². The molecule has 30 heavy (non-hydrogen) atoms. The van der Waals surface area contributed by atoms with Crippen LogP contribution in [0, 0.1) is 11.3 Å². The van der Waals surface area contributed by atoms with Crippen LogP contribution in [-0.2, 0) is 16.0 Å². The van der Waals surface area contributed by atoms with Crippen LogP contribution in [0.15, 0.2) is 78.9 Å². The highest BCUT2D eigenvalue weighted by Gasteiger charge is 2.13. The SMILES string of the molecule is N#CCc1ccc(NC(=O)COC(=O)c2ccc(C(=O)c3ccccc3)cc2)cc1. The number of carbonyl (C=O) groups is 3. The first-order chi connectivity index (χ1) is 14.6. The molecule has 1 N–H and O–H groups in total. The number of anilines is 1. The first-order valence-corrected chi connectivity index (χ1v) is 9.19. The fourth-order valence-electron chi connectivity index (χ4n) is 2.72. The second kappa shape index (κ2) is 9.80. The molecule has 0 saturated carbocycles. The third kappa shape index (κ3) is 5.40. The summed E-state index contributed by atoms with van der Waals surface area (Å²) in [6.45, 7) is -0.441. The second-order valence-corrected chi connectivity index (χ2v) is 6.43. The monoisotopic (exact) mass is 398 g/mol. The fourth-order valence-corrected chi connectivity index (χ4v) is 2.72. The third-order valence-electron chi connectivity index (χ3n) is 4.27. The van der Waals surface area contributed by atoms with E-state index in [1.54, 1.807) is 60.7 Å². The lowest BCUT2D eigenvalue weighted by atomic mass is 10.0. The first-order valence-electron chi connectivity index (χ1n) is 9.19. The summed E-state index contributed by atoms with van der Waals surface area (Å²) in [5.74, 6) is -1.28. The van der Waals surface area contributed by atoms with Gasteiger partial charge in [-0.1, -0.05) is 54.6 Å². The maximum absolute atomic E-state index is 12.4. The Morgan fingerprint density at radius 3 is 2.03 bits per heavy atom. The molecule has 0 saturated heterocycles. The molecule has 0 bridgehead atoms. The molecule has 3 aromatic carbocycles. The zero-order chi connectivity index (χ0) is 21.3. The quantitative estimate of drug-likeness (QED) is 0.483. The normalized spacial score (nSPS) is 9.97. The van der Waals surface area contributed by atoms with E-state index in [0.29, 0.717) is 23.2 Å². The Labute approximate surface area is 173 Å². The van der Waals surface area contributed by atoms with Gasteiger partial charge in [0.05, 0.1) is 18.1 Å². The van der Waals surface area contributed by atoms with E-state index < -0.39 is 18.5 Å². The van der Waals surface area contributed by atoms with Crippen LogP contribution in [0.2, 0.25) is 0 Å². The Balaban J connectivity index is 1.52. The summed E-state index contributed by atoms with van der Waals surface area (Å²) in [5.41, 5.74) is 2.64. The molecule has 0 atom stereocenters. The zero-order valence-electron chi connectivity index (χ0n) is 16.0. The van der Waals surface area contributed by atoms with Gasteiger partial charge in [-0.2, -0.15) is 5.26 Å². The predicted octanol–water partition coefficient (Wildman–Crippen LogP) is 3.78. The summed E-state index contributed by atoms with van der Waals surface area (Å²) >= 11 is 0. The maximum Gasteiger partial charge on any atom is 0.338 e. The average Bonchev–Trinajstić information content (AvgIpc) is 2.79. The van der Waals surface area contributed by atoms with Crippen molar-refractivity contribution in [2.24, 2.45) is 0 Å². The summed E-state index contributed by atoms with van der Waals surface area (Å²) < 4.78 is 5.03. The van der Waals surface area contributed by atoms with Crippen LogP contribution in [-0.4, -0.2) is 24.3 Å². The van der Waals surface area contributed by atoms with Gasteiger partial charge in [0, 0.05) is 16.8 Å². The number of hydrogen-bond acceptors (Lipinski definition) is 5. The number of amides is 1. The third-order valence-corrected chi connectivity index (χ3v) is 4.27. The topological polar surface area (TPSA) is 96.3 Å². The first kappa shape index (κ1) is 20.5. The number of rotatable bonds is 7. The number of esters is 1. The summed E-state index contributed by atoms with van der Waals surface area (Å²) in [7, 11) is 0. The highest BCUT2D eigenvalue weighted by atomic mass is 16.5. The van der Waals surface area contributed by atoms with Gasteiger partial charge in [0.25, 0.3) is 5.91 Å². The molecule has 3 aromatic rings. The molecule has 6 heteroatoms. The van der Waals surface area contributed by atoms with Gasteiger partial charge in [-0.25, -0.2) is 4.79 Å². The summed E-state index contributed by atoms with van der Waals surface area (Å²) in [6, 6.07) is 23.8. The van der Waals surface area contributed by atoms with Crippen molar-refractivity contribution >= 4 is 23.3 Å². The minimum absolute atomic E-state index is 0.143. The zero-order valence-corrected chi connectivity index (χ0v) is 16.0. The van der Waals surface area contributed by atoms with Crippen LogP contribution in [0.3, 0.4) is 0 Å². The number of nitriles is 1. The summed E-state index contributed by atoms with van der Waals surface area (Å²) in [4.78, 5) is 36.5. The largest absolute Gasteiger partial charge is 0.452 e. The van der Waals surface area contributed by atoms with Gasteiger partial charge in [0.1, 0.15) is 0 Å². The highest BCUT2D eigenvalue weighted by molar-refractivity contribution is 6.09. The lowest BCUT2D eigenvalue weighted by molar-refractivity contribution is -0.119. The minimum Gasteiger partial charge on any atom is -0.452 e. The van der Waals surface area contributed by atoms with Crippen molar-refractivity contribution in [3.05, 3.63) is 101 Å². The molecule has 0 aromatic heterocycles. The molecule has 3 rings (SSSR count). The van der Waals surface area contributed by atoms with Gasteiger partial charge in [0.2, 0.25) is 0 Å². The highest BCUT2D eigenvalue weighted by Crippen LogP contribution is 2.13. The molecule has 0 spiro atoms. The minimum atomic E-state index is -0.659. The van der Waals surface area contributed by atoms with E-state index in [9.17, 15) is 14.4 Å². The standard InChI is InChI=1S/C24H18N2O4/c25-15-14-17-6-12-21(13-7-17)26-22(27)16-30-24(29)20-10-8-19(9-11-20)23(28)18-4-2-1-3-5-18/h1-13H,14,16H2,(H,26,27). The lowest BCUT2D eigenvalue weighted by Crippen LogP contribution is -2.21. The van der Waals surface area contributed by atoms with Crippen LogP contribution in [0.1, 0.15) is 31.8 Å². The molecule has 0 fully saturated rings. The van der Waals surface area contributed by atoms with Crippen molar-refractivity contribution in [1.82, 2.24) is 0 Å². The Kier molecular flexibility index (Phi) is 6.70. The molecule has 0 aliphatic heterocycles. The number of carbonyl (C=O) groups excluding carboxylic acids is 3. The van der Waals surface area contributed by atoms with Crippen LogP contribution < -0.4 is 5.32 Å². The van der Waals surface area contributed by atoms with Gasteiger partial charge in [0.15, 0.2) is 12.4 Å². The van der Waals surface area contributed by atoms with Gasteiger partial charge in [-0.05, 0) is 29.8 Å². The Bertz CT molecular complexity index is 1080. The molecule has 0 aliphatic carbocycles. The summed E-state index contributed by atoms with van der Waals surface area (Å²) in [6.07, 6.45) is 0.293. The lowest BCUT2D eigenvalue weighted by Gasteiger charge is -2.08. The number of nitrogens with zero attached hydrogens (tertiary/aromatic N) is 1. The molecule has 0 radical (unpaired) electrons. The van der Waals surface area contributed by atoms with Crippen molar-refractivity contribution in [1.29, 1.82) is 5.26 Å². The second-order valence-electron chi connectivity index (χ2n) is 6.43. The van der Waals surface area contributed by atoms with Gasteiger partial charge in [-0.15, -0.1) is 0 Å². The molecule has 0 aliphatic rings. The Hall–Kier alpha value is -4.24. The molecule has 6 nitrogen and oxygen atoms in total. The maximum atomic E-state index is 12.4. The average molecular weight is 398 g/mol. The molecule has 148 valence electrons. The van der Waals surface area contributed by atoms with Crippen LogP contribution in [0.4, 0.5) is 5.69 Å². The van der Waals surface area contributed by atoms with E-state index in [1.807, 2.05) is 12.1 Å². The number of nitrogens with one attached hydrogen (secondary N) is 1. The number of ether oxygens (including phenoxy) is 1. The van der Waals surface area contributed by atoms with Crippen molar-refractivity contribution in [2.45, 2.75) is 6.42 Å². The van der Waals surface area contributed by atoms with Crippen LogP contribution in [0.25, 0.3) is 0 Å². The molecular formula is C24H18N2O4. The Morgan fingerprint density at radius 2 is 1.40 bits per heavy atom. The van der Waals surface area contributed by atoms with E-state index in [0.717, 1.165) is 5.56 Å². The van der Waals surface area contributed by atoms with Crippen LogP contribution in [0.5, 0.6) is 0 Å². The Morgan fingerprint density at radius 1 is 0.800 bits per heavy atom. The molecule has 0 heterocycles. The van der Waals surface area contributed by atoms with E-state index in [-0.39, 0.29) is 11.3 Å². The smallest absolute Gasteiger partial charge is 0.338 e. The van der Waals surface area contributed by atoms with Crippen molar-refractivity contribution in [3.8, 4) is 6.07 Å². The van der Waals surface area contributed by atoms with Gasteiger partial charge in [-0.3, -0.25) is 9.59 Å². The van der Waals surface area contributed by atoms with E-state index in [4.69, 9.17) is 10.00 Å². The van der Waals surface area contributed by atoms with Crippen molar-refractivity contribution in [3.63, 3.8) is 0 Å². The molecular weight excluding hydrogens is 380 g/mol. The summed E-state index contributed by atoms with van der Waals surface area (Å²) in [5, 5.41) is 11.3. The van der Waals surface area contributed by atoms with Crippen molar-refractivity contribution in [2.75, 3.05) is 11.9 Å². The van der Waals surface area contributed by atoms with Gasteiger partial charge < -0.3 is 10.1 Å². The molecule has 0 unspecified atom stereocenters. The van der Waals surface area contributed by atoms with E-state index in [2.05, 4.69) is 5.32 Å². The number of hydrogen-bond donors (Lipinski definition) is 1. The van der Waals surface area contributed by atoms with Crippen LogP contribution >= 0.6 is 0 Å². The van der Waals surface area contributed by atoms with Gasteiger partial charge >= 0.3 is 5.97 Å². The number of ketones is 1. The number of benzene rings is 3. The van der Waals surface area contributed by atoms with E-state index in [1.165, 1.54) is 12.1 Å².